The van der Waals surface area contributed by atoms with Gasteiger partial charge in [-0.05, 0) is 25.5 Å². The summed E-state index contributed by atoms with van der Waals surface area (Å²) in [4.78, 5) is 23.7. The first-order valence-corrected chi connectivity index (χ1v) is 7.19. The largest absolute Gasteiger partial charge is 0.497 e. The monoisotopic (exact) mass is 309 g/mol. The van der Waals surface area contributed by atoms with Crippen LogP contribution in [0, 0.1) is 0 Å². The Hall–Kier alpha value is -2.24. The fraction of sp³-hybridized carbons (Fsp3) is 0.500. The molecule has 0 aliphatic heterocycles. The topological polar surface area (TPSA) is 73.9 Å². The van der Waals surface area contributed by atoms with E-state index in [4.69, 9.17) is 14.2 Å². The molecule has 0 aliphatic carbocycles. The molecule has 0 bridgehead atoms. The Kier molecular flexibility index (Phi) is 7.22. The van der Waals surface area contributed by atoms with Gasteiger partial charge in [-0.15, -0.1) is 0 Å². The number of carbonyl (C=O) groups is 2. The predicted molar refractivity (Wildman–Crippen MR) is 82.3 cm³/mol. The lowest BCUT2D eigenvalue weighted by Crippen LogP contribution is -2.35. The van der Waals surface area contributed by atoms with Crippen LogP contribution in [0.15, 0.2) is 18.2 Å². The van der Waals surface area contributed by atoms with Crippen molar-refractivity contribution in [2.24, 2.45) is 0 Å². The Labute approximate surface area is 130 Å². The van der Waals surface area contributed by atoms with E-state index in [2.05, 4.69) is 5.32 Å². The van der Waals surface area contributed by atoms with Crippen molar-refractivity contribution in [2.45, 2.75) is 32.7 Å². The highest BCUT2D eigenvalue weighted by atomic mass is 16.5. The Balaban J connectivity index is 2.60. The van der Waals surface area contributed by atoms with Gasteiger partial charge in [-0.1, -0.05) is 13.3 Å². The Bertz CT molecular complexity index is 493. The molecule has 0 unspecified atom stereocenters. The molecule has 1 atom stereocenters. The fourth-order valence-corrected chi connectivity index (χ4v) is 1.96. The zero-order chi connectivity index (χ0) is 16.5. The summed E-state index contributed by atoms with van der Waals surface area (Å²) in [6, 6.07) is 4.77. The van der Waals surface area contributed by atoms with E-state index in [1.807, 2.05) is 13.8 Å². The van der Waals surface area contributed by atoms with Crippen molar-refractivity contribution in [1.29, 1.82) is 0 Å². The molecule has 1 aromatic carbocycles. The zero-order valence-corrected chi connectivity index (χ0v) is 13.5. The molecule has 0 saturated heterocycles. The second-order valence-electron chi connectivity index (χ2n) is 4.93. The molecule has 0 spiro atoms. The van der Waals surface area contributed by atoms with Crippen molar-refractivity contribution in [3.63, 3.8) is 0 Å². The molecular formula is C16H23NO5. The third-order valence-corrected chi connectivity index (χ3v) is 3.05. The number of hydrogen-bond acceptors (Lipinski definition) is 5. The summed E-state index contributed by atoms with van der Waals surface area (Å²) in [5, 5.41) is 2.77. The molecule has 0 aromatic heterocycles. The number of benzene rings is 1. The number of ether oxygens (including phenoxy) is 3. The van der Waals surface area contributed by atoms with E-state index in [0.29, 0.717) is 11.5 Å². The van der Waals surface area contributed by atoms with Gasteiger partial charge in [0.05, 0.1) is 19.8 Å². The molecule has 1 amide bonds. The fourth-order valence-electron chi connectivity index (χ4n) is 1.96. The highest BCUT2D eigenvalue weighted by Crippen LogP contribution is 2.22. The average molecular weight is 309 g/mol. The molecule has 122 valence electrons. The van der Waals surface area contributed by atoms with Crippen molar-refractivity contribution in [1.82, 2.24) is 5.32 Å². The Morgan fingerprint density at radius 2 is 1.73 bits per heavy atom. The van der Waals surface area contributed by atoms with Crippen LogP contribution in [0.1, 0.15) is 37.0 Å². The van der Waals surface area contributed by atoms with Gasteiger partial charge in [0.2, 0.25) is 0 Å². The van der Waals surface area contributed by atoms with Crippen LogP contribution in [0.25, 0.3) is 0 Å². The smallest absolute Gasteiger partial charge is 0.338 e. The van der Waals surface area contributed by atoms with Crippen LogP contribution < -0.4 is 14.8 Å². The van der Waals surface area contributed by atoms with Crippen molar-refractivity contribution < 1.29 is 23.8 Å². The van der Waals surface area contributed by atoms with Crippen LogP contribution in [0.4, 0.5) is 0 Å². The predicted octanol–water partition coefficient (Wildman–Crippen LogP) is 2.17. The quantitative estimate of drug-likeness (QED) is 0.745. The Morgan fingerprint density at radius 3 is 2.23 bits per heavy atom. The molecule has 6 heteroatoms. The summed E-state index contributed by atoms with van der Waals surface area (Å²) in [5.41, 5.74) is 0.269. The van der Waals surface area contributed by atoms with E-state index in [1.165, 1.54) is 26.4 Å². The van der Waals surface area contributed by atoms with Gasteiger partial charge in [-0.2, -0.15) is 0 Å². The van der Waals surface area contributed by atoms with E-state index < -0.39 is 5.97 Å². The van der Waals surface area contributed by atoms with Gasteiger partial charge in [0.25, 0.3) is 5.91 Å². The number of hydrogen-bond donors (Lipinski definition) is 1. The second kappa shape index (κ2) is 8.92. The number of esters is 1. The van der Waals surface area contributed by atoms with Crippen LogP contribution >= 0.6 is 0 Å². The van der Waals surface area contributed by atoms with Crippen LogP contribution in [0.5, 0.6) is 11.5 Å². The van der Waals surface area contributed by atoms with Gasteiger partial charge < -0.3 is 19.5 Å². The van der Waals surface area contributed by atoms with E-state index >= 15 is 0 Å². The molecule has 6 nitrogen and oxygen atoms in total. The molecule has 0 heterocycles. The van der Waals surface area contributed by atoms with E-state index in [0.717, 1.165) is 12.8 Å². The summed E-state index contributed by atoms with van der Waals surface area (Å²) in [6.07, 6.45) is 1.86. The van der Waals surface area contributed by atoms with Gasteiger partial charge in [0.15, 0.2) is 6.61 Å². The Morgan fingerprint density at radius 1 is 1.14 bits per heavy atom. The molecular weight excluding hydrogens is 286 g/mol. The highest BCUT2D eigenvalue weighted by Gasteiger charge is 2.14. The zero-order valence-electron chi connectivity index (χ0n) is 13.5. The van der Waals surface area contributed by atoms with Crippen LogP contribution in [0.2, 0.25) is 0 Å². The first-order chi connectivity index (χ1) is 10.5. The minimum absolute atomic E-state index is 0.0631. The van der Waals surface area contributed by atoms with Crippen LogP contribution in [-0.2, 0) is 9.53 Å². The molecule has 0 fully saturated rings. The van der Waals surface area contributed by atoms with Gasteiger partial charge in [0, 0.05) is 12.1 Å². The second-order valence-corrected chi connectivity index (χ2v) is 4.93. The standard InChI is InChI=1S/C16H23NO5/c1-5-6-11(2)17-15(18)10-22-16(19)12-7-13(20-3)9-14(8-12)21-4/h7-9,11H,5-6,10H2,1-4H3,(H,17,18)/t11-/m1/s1. The van der Waals surface area contributed by atoms with Crippen LogP contribution in [0.3, 0.4) is 0 Å². The molecule has 1 aromatic rings. The normalized spacial score (nSPS) is 11.5. The number of methoxy groups -OCH3 is 2. The average Bonchev–Trinajstić information content (AvgIpc) is 2.52. The summed E-state index contributed by atoms with van der Waals surface area (Å²) in [6.45, 7) is 3.64. The van der Waals surface area contributed by atoms with Gasteiger partial charge in [0.1, 0.15) is 11.5 Å². The van der Waals surface area contributed by atoms with Crippen molar-refractivity contribution in [2.75, 3.05) is 20.8 Å². The minimum atomic E-state index is -0.601. The summed E-state index contributed by atoms with van der Waals surface area (Å²) in [7, 11) is 2.99. The number of rotatable bonds is 8. The third-order valence-electron chi connectivity index (χ3n) is 3.05. The number of amides is 1. The maximum Gasteiger partial charge on any atom is 0.338 e. The lowest BCUT2D eigenvalue weighted by molar-refractivity contribution is -0.124. The number of carbonyl (C=O) groups excluding carboxylic acids is 2. The SMILES string of the molecule is CCC[C@@H](C)NC(=O)COC(=O)c1cc(OC)cc(OC)c1. The molecule has 0 aliphatic rings. The minimum Gasteiger partial charge on any atom is -0.497 e. The van der Waals surface area contributed by atoms with E-state index in [1.54, 1.807) is 6.07 Å². The first-order valence-electron chi connectivity index (χ1n) is 7.19. The van der Waals surface area contributed by atoms with E-state index in [-0.39, 0.29) is 24.1 Å². The molecule has 22 heavy (non-hydrogen) atoms. The van der Waals surface area contributed by atoms with Crippen molar-refractivity contribution in [3.8, 4) is 11.5 Å². The summed E-state index contributed by atoms with van der Waals surface area (Å²) < 4.78 is 15.2. The summed E-state index contributed by atoms with van der Waals surface area (Å²) >= 11 is 0. The summed E-state index contributed by atoms with van der Waals surface area (Å²) in [5.74, 6) is 0.0410. The molecule has 1 rings (SSSR count). The lowest BCUT2D eigenvalue weighted by atomic mass is 10.2. The van der Waals surface area contributed by atoms with Gasteiger partial charge in [-0.25, -0.2) is 4.79 Å². The maximum atomic E-state index is 12.0. The first kappa shape index (κ1) is 17.8. The third kappa shape index (κ3) is 5.63. The molecule has 0 radical (unpaired) electrons. The van der Waals surface area contributed by atoms with Crippen molar-refractivity contribution in [3.05, 3.63) is 23.8 Å². The maximum absolute atomic E-state index is 12.0. The van der Waals surface area contributed by atoms with Crippen molar-refractivity contribution >= 4 is 11.9 Å². The van der Waals surface area contributed by atoms with E-state index in [9.17, 15) is 9.59 Å². The van der Waals surface area contributed by atoms with Crippen LogP contribution in [-0.4, -0.2) is 38.7 Å². The molecule has 1 N–H and O–H groups in total. The lowest BCUT2D eigenvalue weighted by Gasteiger charge is -2.13. The number of nitrogens with one attached hydrogen (secondary N) is 1. The van der Waals surface area contributed by atoms with Gasteiger partial charge >= 0.3 is 5.97 Å². The molecule has 0 saturated carbocycles. The highest BCUT2D eigenvalue weighted by molar-refractivity contribution is 5.92. The van der Waals surface area contributed by atoms with Gasteiger partial charge in [-0.3, -0.25) is 4.79 Å².